The van der Waals surface area contributed by atoms with E-state index in [1.54, 1.807) is 244 Å². The Bertz CT molecular complexity index is 7870. The van der Waals surface area contributed by atoms with Crippen LogP contribution in [0, 0.1) is 145 Å². The third kappa shape index (κ3) is 27.8. The molecule has 0 saturated heterocycles. The van der Waals surface area contributed by atoms with Crippen LogP contribution in [0.2, 0.25) is 0 Å². The van der Waals surface area contributed by atoms with E-state index in [0.717, 1.165) is 55.6 Å². The summed E-state index contributed by atoms with van der Waals surface area (Å²) in [4.78, 5) is 35.6. The summed E-state index contributed by atoms with van der Waals surface area (Å²) in [5.74, 6) is 14.2. The highest BCUT2D eigenvalue weighted by atomic mass is 31.0. The second kappa shape index (κ2) is 51.9. The maximum Gasteiger partial charge on any atom is 0.198 e. The molecule has 25 nitrogen and oxygen atoms in total. The minimum Gasteiger partial charge on any atom is -0.508 e. The second-order valence-electron chi connectivity index (χ2n) is 31.5. The molecule has 718 valence electrons. The summed E-state index contributed by atoms with van der Waals surface area (Å²) in [5, 5.41) is 94.9. The quantitative estimate of drug-likeness (QED) is 0.0149. The Labute approximate surface area is 850 Å². The summed E-state index contributed by atoms with van der Waals surface area (Å²) in [6, 6.07) is 106. The number of benzene rings is 16. The number of nitriles is 8. The normalized spacial score (nSPS) is 9.79. The molecule has 0 amide bonds. The summed E-state index contributed by atoms with van der Waals surface area (Å²) >= 11 is 0. The van der Waals surface area contributed by atoms with E-state index in [-0.39, 0.29) is 109 Å². The lowest BCUT2D eigenvalue weighted by Crippen LogP contribution is -2.03. The van der Waals surface area contributed by atoms with Gasteiger partial charge in [-0.25, -0.2) is 10.7 Å². The molecule has 16 rings (SSSR count). The van der Waals surface area contributed by atoms with Gasteiger partial charge in [0.05, 0.1) is 57.7 Å². The van der Waals surface area contributed by atoms with Crippen LogP contribution in [0.4, 0.5) is 11.4 Å². The van der Waals surface area contributed by atoms with E-state index in [2.05, 4.69) is 47.6 Å². The Morgan fingerprint density at radius 3 is 0.870 bits per heavy atom. The molecule has 0 radical (unpaired) electrons. The van der Waals surface area contributed by atoms with Gasteiger partial charge in [0, 0.05) is 44.1 Å². The van der Waals surface area contributed by atoms with Crippen molar-refractivity contribution in [3.8, 4) is 164 Å². The molecule has 0 unspecified atom stereocenters. The number of phenolic OH excluding ortho intramolecular Hbond substituents is 2. The number of carbonyl (C=O) groups is 2. The minimum atomic E-state index is -0.152. The number of para-hydroxylation sites is 3. The predicted octanol–water partition coefficient (Wildman–Crippen LogP) is 30.9. The average Bonchev–Trinajstić information content (AvgIpc) is 0.798. The molecule has 146 heavy (non-hydrogen) atoms. The number of ketones is 2. The Hall–Kier alpha value is -20.4. The van der Waals surface area contributed by atoms with Gasteiger partial charge < -0.3 is 52.8 Å². The first-order valence-corrected chi connectivity index (χ1v) is 43.7. The Kier molecular flexibility index (Phi) is 38.8. The average molecular weight is 1940 g/mol. The lowest BCUT2D eigenvalue weighted by molar-refractivity contribution is 0.103. The lowest BCUT2D eigenvalue weighted by atomic mass is 9.95. The van der Waals surface area contributed by atoms with Crippen molar-refractivity contribution in [1.29, 1.82) is 42.1 Å². The van der Waals surface area contributed by atoms with Gasteiger partial charge in [0.1, 0.15) is 164 Å². The van der Waals surface area contributed by atoms with Crippen molar-refractivity contribution in [2.45, 2.75) is 84.1 Å². The standard InChI is InChI=1S/C46H28N6O3.C43H26N4O5.C27H22O5.4CH4.H3N2P/c1-29-6-3-8-31(44(29)53-41-15-12-35(23-47)38(20-41)26-50)18-33-10-5-11-34(46(33)55-43-17-14-37(25-49)40(22-43)28-52)19-32-9-4-7-30(2)45(32)54-42-16-13-36(24-48)39(21-42)27-51;1-27-22-36(50-38-15-18-39(46-3)40(24-38)47-4)17-19-41(27)51-34-12-7-30(8-13-34)43(48)29-5-10-33(11-6-29)49-35-16-20-42(28(2)21-35)52-37-14-9-31(25-44)32(23-37)26-45;1-17-16-24(12-13-25(17)29)31-22-8-3-19(4-9-22)27(30)20-5-10-23(11-6-20)32-26-14-7-21(28)15-18(26)2;;;;;1-2-3/h3-17,20-22H,18-19H2,1-2H3;5-24H,1-2H3;3-16,28-29H,1-2H3;4*1H4;3H,1H2. The molecular weight excluding hydrogens is 1850 g/mol. The number of hydrogen-bond donors (Lipinski definition) is 3. The minimum absolute atomic E-state index is 0. The molecule has 16 aromatic carbocycles. The van der Waals surface area contributed by atoms with Crippen molar-refractivity contribution in [3.05, 3.63) is 461 Å². The molecule has 4 N–H and O–H groups in total. The first-order valence-electron chi connectivity index (χ1n) is 43.3. The van der Waals surface area contributed by atoms with Crippen molar-refractivity contribution in [2.24, 2.45) is 10.7 Å². The van der Waals surface area contributed by atoms with Crippen LogP contribution in [0.1, 0.15) is 162 Å². The summed E-state index contributed by atoms with van der Waals surface area (Å²) < 4.78 is 55.0. The van der Waals surface area contributed by atoms with Gasteiger partial charge in [0.25, 0.3) is 0 Å². The molecule has 0 fully saturated rings. The van der Waals surface area contributed by atoms with Gasteiger partial charge in [-0.3, -0.25) is 14.4 Å². The molecule has 16 aromatic rings. The van der Waals surface area contributed by atoms with E-state index < -0.39 is 0 Å². The number of ether oxygens (including phenoxy) is 9. The van der Waals surface area contributed by atoms with Crippen molar-refractivity contribution in [2.75, 3.05) is 0 Å². The van der Waals surface area contributed by atoms with Crippen LogP contribution in [0.25, 0.3) is 9.69 Å². The number of nitrogens with two attached hydrogens (primary N) is 1. The summed E-state index contributed by atoms with van der Waals surface area (Å²) in [7, 11) is 2.59. The van der Waals surface area contributed by atoms with Crippen molar-refractivity contribution in [3.63, 3.8) is 0 Å². The van der Waals surface area contributed by atoms with Crippen molar-refractivity contribution < 1.29 is 62.4 Å². The fraction of sp³-hybridized carbons (Fsp3) is 0.100. The molecular formula is C120H95N12O13P. The van der Waals surface area contributed by atoms with Crippen LogP contribution in [-0.4, -0.2) is 21.8 Å². The Balaban J connectivity index is 0.000000244. The molecule has 0 saturated carbocycles. The van der Waals surface area contributed by atoms with Gasteiger partial charge in [-0.2, -0.15) is 46.9 Å². The maximum atomic E-state index is 13.2. The van der Waals surface area contributed by atoms with Gasteiger partial charge in [-0.1, -0.05) is 90.4 Å². The largest absolute Gasteiger partial charge is 0.508 e. The molecule has 0 atom stereocenters. The number of aryl methyl sites for hydroxylation is 6. The fourth-order valence-corrected chi connectivity index (χ4v) is 14.5. The Morgan fingerprint density at radius 2 is 0.541 bits per heavy atom. The third-order valence-electron chi connectivity index (χ3n) is 21.8. The van der Waals surface area contributed by atoms with Gasteiger partial charge in [-0.05, 0) is 352 Å². The molecule has 0 aromatic heterocycles. The number of rotatable bonds is 26. The van der Waals surface area contributed by atoms with E-state index in [1.807, 2.05) is 132 Å². The van der Waals surface area contributed by atoms with Crippen molar-refractivity contribution in [1.82, 2.24) is 0 Å². The van der Waals surface area contributed by atoms with E-state index in [1.165, 1.54) is 12.1 Å². The zero-order chi connectivity index (χ0) is 101. The highest BCUT2D eigenvalue weighted by Gasteiger charge is 2.23. The number of nitrogens with zero attached hydrogens (tertiary/aromatic N) is 11. The highest BCUT2D eigenvalue weighted by molar-refractivity contribution is 7.03. The number of hydrogen-bond acceptors (Lipinski definition) is 22. The van der Waals surface area contributed by atoms with Crippen molar-refractivity contribution >= 4 is 32.0 Å². The van der Waals surface area contributed by atoms with Crippen LogP contribution >= 0.6 is 9.03 Å². The first-order chi connectivity index (χ1) is 68.8. The predicted molar refractivity (Wildman–Crippen MR) is 560 cm³/mol. The number of phenols is 2. The molecule has 0 aliphatic rings. The summed E-state index contributed by atoms with van der Waals surface area (Å²) in [6.45, 7) is 25.7. The Morgan fingerprint density at radius 1 is 0.288 bits per heavy atom. The topological polar surface area (TPSA) is 395 Å². The van der Waals surface area contributed by atoms with Gasteiger partial charge in [-0.15, -0.1) is 0 Å². The third-order valence-corrected chi connectivity index (χ3v) is 21.8. The van der Waals surface area contributed by atoms with Crippen LogP contribution in [-0.2, 0) is 12.8 Å². The summed E-state index contributed by atoms with van der Waals surface area (Å²) in [6.07, 6.45) is 0.727. The van der Waals surface area contributed by atoms with Gasteiger partial charge >= 0.3 is 0 Å². The molecule has 0 spiro atoms. The SMILES string of the molecule is C.C.C.C.Cc1cc(Oc2ccc(C(=O)c3ccc(Oc4ccc(O)cc4C)cc3)cc2)ccc1O.Cc1cccc(Cc2cccc(Cc3cccc(C)c3Oc3ccc(C#N)c(C#N)c3)c2Oc2ccc(C#N)c(C#N)c2)c1Oc1ccc(C#N)c(C#N)c1.NN=P.[C-]#[N+]c1ccc(Oc2ccc(Oc3ccc(C(=O)c4ccc(Oc5ccc(Oc6ccc(C#N)c(C#N)c6)c(C)c5)cc4)cc3)c(C)c2)cc1[N+]#[C-]. The van der Waals surface area contributed by atoms with E-state index in [9.17, 15) is 56.6 Å². The molecule has 0 aliphatic carbocycles. The monoisotopic (exact) mass is 1940 g/mol. The zero-order valence-corrected chi connectivity index (χ0v) is 77.8. The molecule has 0 aliphatic heterocycles. The van der Waals surface area contributed by atoms with Crippen LogP contribution < -0.4 is 48.5 Å². The number of carbonyl (C=O) groups excluding carboxylic acids is 2. The zero-order valence-electron chi connectivity index (χ0n) is 76.8. The van der Waals surface area contributed by atoms with Crippen LogP contribution in [0.15, 0.2) is 320 Å². The van der Waals surface area contributed by atoms with Crippen LogP contribution in [0.5, 0.6) is 115 Å². The fourth-order valence-electron chi connectivity index (χ4n) is 14.5. The lowest BCUT2D eigenvalue weighted by Gasteiger charge is -2.20. The maximum absolute atomic E-state index is 13.2. The van der Waals surface area contributed by atoms with E-state index in [0.29, 0.717) is 139 Å². The first kappa shape index (κ1) is 109. The molecule has 0 heterocycles. The molecule has 0 bridgehead atoms. The molecule has 26 heteroatoms. The van der Waals surface area contributed by atoms with Crippen LogP contribution in [0.3, 0.4) is 0 Å². The van der Waals surface area contributed by atoms with Gasteiger partial charge in [0.2, 0.25) is 0 Å². The summed E-state index contributed by atoms with van der Waals surface area (Å²) in [5.41, 5.74) is 12.6. The van der Waals surface area contributed by atoms with Gasteiger partial charge in [0.15, 0.2) is 22.9 Å². The smallest absolute Gasteiger partial charge is 0.198 e. The number of aromatic hydroxyl groups is 2. The van der Waals surface area contributed by atoms with E-state index >= 15 is 0 Å². The van der Waals surface area contributed by atoms with E-state index in [4.69, 9.17) is 61.0 Å². The second-order valence-corrected chi connectivity index (χ2v) is 31.8. The highest BCUT2D eigenvalue weighted by Crippen LogP contribution is 2.43.